The number of aliphatic hydroxyl groups is 1. The molecular weight excluding hydrogens is 246 g/mol. The van der Waals surface area contributed by atoms with Crippen molar-refractivity contribution in [3.8, 4) is 0 Å². The van der Waals surface area contributed by atoms with E-state index in [1.807, 2.05) is 6.20 Å². The molecule has 0 spiro atoms. The highest BCUT2D eigenvalue weighted by Gasteiger charge is 2.13. The lowest BCUT2D eigenvalue weighted by Gasteiger charge is -2.19. The number of aromatic nitrogens is 1. The van der Waals surface area contributed by atoms with Gasteiger partial charge in [-0.05, 0) is 19.8 Å². The third-order valence-electron chi connectivity index (χ3n) is 3.12. The molecular formula is C13H25N3OS. The smallest absolute Gasteiger partial charge is 0.185 e. The number of anilines is 1. The van der Waals surface area contributed by atoms with E-state index in [0.717, 1.165) is 24.8 Å². The second-order valence-corrected chi connectivity index (χ2v) is 5.79. The summed E-state index contributed by atoms with van der Waals surface area (Å²) in [6.07, 6.45) is 1.93. The molecule has 2 N–H and O–H groups in total. The van der Waals surface area contributed by atoms with Crippen LogP contribution in [-0.4, -0.2) is 35.8 Å². The number of nitrogens with zero attached hydrogens (tertiary/aromatic N) is 2. The lowest BCUT2D eigenvalue weighted by atomic mass is 10.1. The second-order valence-electron chi connectivity index (χ2n) is 4.70. The summed E-state index contributed by atoms with van der Waals surface area (Å²) in [7, 11) is 0. The van der Waals surface area contributed by atoms with Gasteiger partial charge in [0.05, 0.1) is 6.61 Å². The Kier molecular flexibility index (Phi) is 6.60. The maximum Gasteiger partial charge on any atom is 0.185 e. The molecule has 0 aliphatic carbocycles. The summed E-state index contributed by atoms with van der Waals surface area (Å²) in [5.74, 6) is 0.435. The summed E-state index contributed by atoms with van der Waals surface area (Å²) in [6.45, 7) is 11.4. The largest absolute Gasteiger partial charge is 0.395 e. The van der Waals surface area contributed by atoms with Crippen LogP contribution in [0.2, 0.25) is 0 Å². The van der Waals surface area contributed by atoms with E-state index in [0.29, 0.717) is 5.92 Å². The third-order valence-corrected chi connectivity index (χ3v) is 4.17. The molecule has 0 saturated carbocycles. The van der Waals surface area contributed by atoms with Crippen LogP contribution in [0.3, 0.4) is 0 Å². The lowest BCUT2D eigenvalue weighted by molar-refractivity contribution is 0.210. The van der Waals surface area contributed by atoms with Crippen LogP contribution in [0.4, 0.5) is 5.13 Å². The van der Waals surface area contributed by atoms with E-state index >= 15 is 0 Å². The first-order valence-electron chi connectivity index (χ1n) is 6.66. The number of aliphatic hydroxyl groups excluding tert-OH is 1. The zero-order valence-electron chi connectivity index (χ0n) is 11.8. The second kappa shape index (κ2) is 7.71. The van der Waals surface area contributed by atoms with Gasteiger partial charge in [-0.25, -0.2) is 4.98 Å². The average molecular weight is 271 g/mol. The topological polar surface area (TPSA) is 48.4 Å². The van der Waals surface area contributed by atoms with Crippen molar-refractivity contribution in [2.45, 2.75) is 40.3 Å². The van der Waals surface area contributed by atoms with Gasteiger partial charge in [0.25, 0.3) is 0 Å². The van der Waals surface area contributed by atoms with E-state index < -0.39 is 0 Å². The van der Waals surface area contributed by atoms with Crippen molar-refractivity contribution in [3.05, 3.63) is 11.1 Å². The number of hydrogen-bond donors (Lipinski definition) is 2. The van der Waals surface area contributed by atoms with Crippen molar-refractivity contribution >= 4 is 16.5 Å². The fourth-order valence-corrected chi connectivity index (χ4v) is 2.75. The summed E-state index contributed by atoms with van der Waals surface area (Å²) in [6, 6.07) is 0.156. The Morgan fingerprint density at radius 2 is 2.06 bits per heavy atom. The zero-order valence-corrected chi connectivity index (χ0v) is 12.6. The summed E-state index contributed by atoms with van der Waals surface area (Å²) in [4.78, 5) is 7.92. The first-order chi connectivity index (χ1) is 8.62. The highest BCUT2D eigenvalue weighted by Crippen LogP contribution is 2.22. The Labute approximate surface area is 114 Å². The van der Waals surface area contributed by atoms with E-state index in [9.17, 15) is 5.11 Å². The molecule has 0 radical (unpaired) electrons. The van der Waals surface area contributed by atoms with Gasteiger partial charge in [0.2, 0.25) is 0 Å². The van der Waals surface area contributed by atoms with E-state index in [1.165, 1.54) is 4.88 Å². The SMILES string of the molecule is CCN(CC)c1ncc(CNC(CO)C(C)C)s1. The maximum atomic E-state index is 9.26. The monoisotopic (exact) mass is 271 g/mol. The molecule has 0 amide bonds. The summed E-state index contributed by atoms with van der Waals surface area (Å²) >= 11 is 1.73. The van der Waals surface area contributed by atoms with Gasteiger partial charge in [-0.3, -0.25) is 0 Å². The number of rotatable bonds is 8. The minimum atomic E-state index is 0.156. The zero-order chi connectivity index (χ0) is 13.5. The molecule has 4 nitrogen and oxygen atoms in total. The minimum Gasteiger partial charge on any atom is -0.395 e. The third kappa shape index (κ3) is 4.23. The highest BCUT2D eigenvalue weighted by molar-refractivity contribution is 7.15. The first-order valence-corrected chi connectivity index (χ1v) is 7.47. The van der Waals surface area contributed by atoms with Gasteiger partial charge < -0.3 is 15.3 Å². The van der Waals surface area contributed by atoms with Crippen molar-refractivity contribution in [2.24, 2.45) is 5.92 Å². The Morgan fingerprint density at radius 3 is 2.56 bits per heavy atom. The first kappa shape index (κ1) is 15.4. The predicted molar refractivity (Wildman–Crippen MR) is 78.2 cm³/mol. The molecule has 0 aliphatic rings. The average Bonchev–Trinajstić information content (AvgIpc) is 2.80. The Bertz CT molecular complexity index is 337. The van der Waals surface area contributed by atoms with Crippen molar-refractivity contribution < 1.29 is 5.11 Å². The van der Waals surface area contributed by atoms with Gasteiger partial charge in [-0.1, -0.05) is 13.8 Å². The maximum absolute atomic E-state index is 9.26. The van der Waals surface area contributed by atoms with E-state index in [4.69, 9.17) is 0 Å². The molecule has 0 aliphatic heterocycles. The molecule has 1 atom stereocenters. The molecule has 0 bridgehead atoms. The van der Waals surface area contributed by atoms with Gasteiger partial charge in [-0.15, -0.1) is 11.3 Å². The fourth-order valence-electron chi connectivity index (χ4n) is 1.76. The van der Waals surface area contributed by atoms with Crippen molar-refractivity contribution in [1.29, 1.82) is 0 Å². The van der Waals surface area contributed by atoms with Gasteiger partial charge in [0.1, 0.15) is 0 Å². The molecule has 0 saturated heterocycles. The summed E-state index contributed by atoms with van der Waals surface area (Å²) in [5, 5.41) is 13.7. The molecule has 1 unspecified atom stereocenters. The van der Waals surface area contributed by atoms with Crippen LogP contribution in [0.25, 0.3) is 0 Å². The van der Waals surface area contributed by atoms with Gasteiger partial charge in [-0.2, -0.15) is 0 Å². The van der Waals surface area contributed by atoms with Crippen molar-refractivity contribution in [2.75, 3.05) is 24.6 Å². The van der Waals surface area contributed by atoms with Crippen LogP contribution in [0, 0.1) is 5.92 Å². The highest BCUT2D eigenvalue weighted by atomic mass is 32.1. The summed E-state index contributed by atoms with van der Waals surface area (Å²) < 4.78 is 0. The molecule has 1 aromatic heterocycles. The van der Waals surface area contributed by atoms with E-state index in [1.54, 1.807) is 11.3 Å². The molecule has 1 heterocycles. The van der Waals surface area contributed by atoms with Crippen LogP contribution in [-0.2, 0) is 6.54 Å². The van der Waals surface area contributed by atoms with E-state index in [-0.39, 0.29) is 12.6 Å². The number of hydrogen-bond acceptors (Lipinski definition) is 5. The van der Waals surface area contributed by atoms with Crippen LogP contribution in [0.5, 0.6) is 0 Å². The Balaban J connectivity index is 2.53. The van der Waals surface area contributed by atoms with Gasteiger partial charge in [0, 0.05) is 36.8 Å². The normalized spacial score (nSPS) is 13.0. The molecule has 0 aromatic carbocycles. The molecule has 1 rings (SSSR count). The Morgan fingerprint density at radius 1 is 1.39 bits per heavy atom. The molecule has 18 heavy (non-hydrogen) atoms. The predicted octanol–water partition coefficient (Wildman–Crippen LogP) is 2.10. The summed E-state index contributed by atoms with van der Waals surface area (Å²) in [5.41, 5.74) is 0. The quantitative estimate of drug-likeness (QED) is 0.760. The minimum absolute atomic E-state index is 0.156. The van der Waals surface area contributed by atoms with Crippen molar-refractivity contribution in [1.82, 2.24) is 10.3 Å². The molecule has 104 valence electrons. The standard InChI is InChI=1S/C13H25N3OS/c1-5-16(6-2)13-15-8-11(18-13)7-14-12(9-17)10(3)4/h8,10,12,14,17H,5-7,9H2,1-4H3. The van der Waals surface area contributed by atoms with Crippen LogP contribution >= 0.6 is 11.3 Å². The van der Waals surface area contributed by atoms with E-state index in [2.05, 4.69) is 42.9 Å². The lowest BCUT2D eigenvalue weighted by Crippen LogP contribution is -2.36. The van der Waals surface area contributed by atoms with Crippen LogP contribution in [0.1, 0.15) is 32.6 Å². The molecule has 0 fully saturated rings. The molecule has 1 aromatic rings. The fraction of sp³-hybridized carbons (Fsp3) is 0.769. The van der Waals surface area contributed by atoms with Crippen LogP contribution in [0.15, 0.2) is 6.20 Å². The number of nitrogens with one attached hydrogen (secondary N) is 1. The number of thiazole rings is 1. The molecule has 5 heteroatoms. The Hall–Kier alpha value is -0.650. The van der Waals surface area contributed by atoms with Gasteiger partial charge in [0.15, 0.2) is 5.13 Å². The van der Waals surface area contributed by atoms with Crippen molar-refractivity contribution in [3.63, 3.8) is 0 Å². The van der Waals surface area contributed by atoms with Crippen LogP contribution < -0.4 is 10.2 Å². The van der Waals surface area contributed by atoms with Gasteiger partial charge >= 0.3 is 0 Å².